The minimum atomic E-state index is -1.46. The summed E-state index contributed by atoms with van der Waals surface area (Å²) in [6.45, 7) is 1.39. The predicted molar refractivity (Wildman–Crippen MR) is 86.7 cm³/mol. The molecule has 0 spiro atoms. The van der Waals surface area contributed by atoms with E-state index in [4.69, 9.17) is 10.00 Å². The SMILES string of the molecule is C[C@H](OC(=O)[C@@H](O)c1ccccc1)C(=O)Nc1ccccc1C#N. The summed E-state index contributed by atoms with van der Waals surface area (Å²) < 4.78 is 4.99. The van der Waals surface area contributed by atoms with Crippen LogP contribution in [-0.4, -0.2) is 23.1 Å². The van der Waals surface area contributed by atoms with Crippen LogP contribution in [0.5, 0.6) is 0 Å². The molecule has 2 N–H and O–H groups in total. The number of amides is 1. The largest absolute Gasteiger partial charge is 0.450 e. The van der Waals surface area contributed by atoms with Gasteiger partial charge in [0, 0.05) is 0 Å². The van der Waals surface area contributed by atoms with Gasteiger partial charge in [0.1, 0.15) is 6.07 Å². The number of carbonyl (C=O) groups is 2. The van der Waals surface area contributed by atoms with Crippen molar-refractivity contribution in [3.8, 4) is 6.07 Å². The predicted octanol–water partition coefficient (Wildman–Crippen LogP) is 2.16. The molecule has 2 aromatic rings. The summed E-state index contributed by atoms with van der Waals surface area (Å²) in [5.41, 5.74) is 1.01. The number of para-hydroxylation sites is 1. The molecule has 0 unspecified atom stereocenters. The van der Waals surface area contributed by atoms with Crippen LogP contribution in [0.1, 0.15) is 24.2 Å². The van der Waals surface area contributed by atoms with Crippen LogP contribution in [-0.2, 0) is 14.3 Å². The second kappa shape index (κ2) is 7.90. The number of nitrogens with one attached hydrogen (secondary N) is 1. The number of rotatable bonds is 5. The highest BCUT2D eigenvalue weighted by Crippen LogP contribution is 2.17. The van der Waals surface area contributed by atoms with E-state index < -0.39 is 24.1 Å². The van der Waals surface area contributed by atoms with Gasteiger partial charge >= 0.3 is 5.97 Å². The van der Waals surface area contributed by atoms with Crippen LogP contribution in [0.4, 0.5) is 5.69 Å². The Labute approximate surface area is 139 Å². The van der Waals surface area contributed by atoms with Gasteiger partial charge in [-0.25, -0.2) is 4.79 Å². The normalized spacial score (nSPS) is 12.5. The highest BCUT2D eigenvalue weighted by atomic mass is 16.6. The molecule has 0 aliphatic heterocycles. The molecule has 0 saturated carbocycles. The van der Waals surface area contributed by atoms with E-state index in [0.717, 1.165) is 0 Å². The Morgan fingerprint density at radius 1 is 1.12 bits per heavy atom. The Morgan fingerprint density at radius 3 is 2.42 bits per heavy atom. The first-order valence-corrected chi connectivity index (χ1v) is 7.26. The van der Waals surface area contributed by atoms with E-state index >= 15 is 0 Å². The van der Waals surface area contributed by atoms with Crippen LogP contribution in [0.2, 0.25) is 0 Å². The topological polar surface area (TPSA) is 99.4 Å². The van der Waals surface area contributed by atoms with Gasteiger partial charge in [-0.2, -0.15) is 5.26 Å². The van der Waals surface area contributed by atoms with Crippen molar-refractivity contribution in [3.05, 3.63) is 65.7 Å². The van der Waals surface area contributed by atoms with Crippen LogP contribution in [0.3, 0.4) is 0 Å². The lowest BCUT2D eigenvalue weighted by molar-refractivity contribution is -0.162. The van der Waals surface area contributed by atoms with Crippen molar-refractivity contribution in [2.75, 3.05) is 5.32 Å². The number of aliphatic hydroxyl groups is 1. The van der Waals surface area contributed by atoms with Crippen LogP contribution in [0.25, 0.3) is 0 Å². The fourth-order valence-corrected chi connectivity index (χ4v) is 1.99. The molecule has 0 saturated heterocycles. The van der Waals surface area contributed by atoms with Crippen LogP contribution >= 0.6 is 0 Å². The van der Waals surface area contributed by atoms with Crippen molar-refractivity contribution in [1.82, 2.24) is 0 Å². The minimum absolute atomic E-state index is 0.300. The summed E-state index contributed by atoms with van der Waals surface area (Å²) in [4.78, 5) is 24.0. The second-order valence-corrected chi connectivity index (χ2v) is 5.04. The van der Waals surface area contributed by atoms with Crippen molar-refractivity contribution >= 4 is 17.6 Å². The maximum absolute atomic E-state index is 12.1. The number of nitrogens with zero attached hydrogens (tertiary/aromatic N) is 1. The van der Waals surface area contributed by atoms with Gasteiger partial charge < -0.3 is 15.2 Å². The van der Waals surface area contributed by atoms with Gasteiger partial charge in [-0.1, -0.05) is 42.5 Å². The third-order valence-electron chi connectivity index (χ3n) is 3.31. The van der Waals surface area contributed by atoms with Crippen molar-refractivity contribution in [2.45, 2.75) is 19.1 Å². The third-order valence-corrected chi connectivity index (χ3v) is 3.31. The van der Waals surface area contributed by atoms with Gasteiger partial charge in [0.2, 0.25) is 0 Å². The molecule has 122 valence electrons. The molecule has 2 aromatic carbocycles. The lowest BCUT2D eigenvalue weighted by Crippen LogP contribution is -2.32. The summed E-state index contributed by atoms with van der Waals surface area (Å²) in [5.74, 6) is -1.51. The number of ether oxygens (including phenoxy) is 1. The number of aliphatic hydroxyl groups excluding tert-OH is 1. The molecule has 2 rings (SSSR count). The van der Waals surface area contributed by atoms with Gasteiger partial charge in [0.25, 0.3) is 5.91 Å². The highest BCUT2D eigenvalue weighted by Gasteiger charge is 2.24. The average molecular weight is 324 g/mol. The molecule has 0 aromatic heterocycles. The van der Waals surface area contributed by atoms with Gasteiger partial charge in [-0.05, 0) is 24.6 Å². The molecule has 6 heteroatoms. The standard InChI is InChI=1S/C18H16N2O4/c1-12(17(22)20-15-10-6-5-9-14(15)11-19)24-18(23)16(21)13-7-3-2-4-8-13/h2-10,12,16,21H,1H3,(H,20,22)/t12-,16-/m0/s1. The van der Waals surface area contributed by atoms with Crippen molar-refractivity contribution < 1.29 is 19.4 Å². The van der Waals surface area contributed by atoms with Crippen LogP contribution in [0, 0.1) is 11.3 Å². The van der Waals surface area contributed by atoms with Gasteiger partial charge in [-0.15, -0.1) is 0 Å². The van der Waals surface area contributed by atoms with Gasteiger partial charge in [0.15, 0.2) is 12.2 Å². The summed E-state index contributed by atoms with van der Waals surface area (Å²) in [5, 5.41) is 21.5. The van der Waals surface area contributed by atoms with Crippen LogP contribution in [0.15, 0.2) is 54.6 Å². The molecule has 24 heavy (non-hydrogen) atoms. The van der Waals surface area contributed by atoms with Crippen molar-refractivity contribution in [1.29, 1.82) is 5.26 Å². The number of benzene rings is 2. The Kier molecular flexibility index (Phi) is 5.66. The smallest absolute Gasteiger partial charge is 0.340 e. The van der Waals surface area contributed by atoms with E-state index in [0.29, 0.717) is 16.8 Å². The van der Waals surface area contributed by atoms with Crippen molar-refractivity contribution in [2.24, 2.45) is 0 Å². The Hall–Kier alpha value is -3.17. The van der Waals surface area contributed by atoms with E-state index in [-0.39, 0.29) is 0 Å². The molecule has 0 radical (unpaired) electrons. The highest BCUT2D eigenvalue weighted by molar-refractivity contribution is 5.96. The van der Waals surface area contributed by atoms with E-state index in [1.165, 1.54) is 6.92 Å². The van der Waals surface area contributed by atoms with Gasteiger partial charge in [-0.3, -0.25) is 4.79 Å². The fourth-order valence-electron chi connectivity index (χ4n) is 1.99. The summed E-state index contributed by atoms with van der Waals surface area (Å²) in [6, 6.07) is 16.7. The molecular weight excluding hydrogens is 308 g/mol. The summed E-state index contributed by atoms with van der Waals surface area (Å²) in [6.07, 6.45) is -2.59. The number of anilines is 1. The zero-order chi connectivity index (χ0) is 17.5. The molecule has 2 atom stereocenters. The number of hydrogen-bond donors (Lipinski definition) is 2. The Bertz CT molecular complexity index is 768. The van der Waals surface area contributed by atoms with E-state index in [2.05, 4.69) is 5.32 Å². The third kappa shape index (κ3) is 4.18. The first kappa shape index (κ1) is 17.2. The number of hydrogen-bond acceptors (Lipinski definition) is 5. The molecule has 6 nitrogen and oxygen atoms in total. The zero-order valence-corrected chi connectivity index (χ0v) is 13.0. The monoisotopic (exact) mass is 324 g/mol. The lowest BCUT2D eigenvalue weighted by Gasteiger charge is -2.16. The van der Waals surface area contributed by atoms with Gasteiger partial charge in [0.05, 0.1) is 11.3 Å². The van der Waals surface area contributed by atoms with Crippen LogP contribution < -0.4 is 5.32 Å². The zero-order valence-electron chi connectivity index (χ0n) is 13.0. The molecule has 0 aliphatic rings. The molecule has 0 aliphatic carbocycles. The second-order valence-electron chi connectivity index (χ2n) is 5.04. The first-order chi connectivity index (χ1) is 11.5. The fraction of sp³-hybridized carbons (Fsp3) is 0.167. The lowest BCUT2D eigenvalue weighted by atomic mass is 10.1. The quantitative estimate of drug-likeness (QED) is 0.821. The molecule has 0 heterocycles. The maximum Gasteiger partial charge on any atom is 0.340 e. The van der Waals surface area contributed by atoms with E-state index in [9.17, 15) is 14.7 Å². The first-order valence-electron chi connectivity index (χ1n) is 7.26. The summed E-state index contributed by atoms with van der Waals surface area (Å²) in [7, 11) is 0. The average Bonchev–Trinajstić information content (AvgIpc) is 2.62. The summed E-state index contributed by atoms with van der Waals surface area (Å²) >= 11 is 0. The molecule has 0 bridgehead atoms. The Morgan fingerprint density at radius 2 is 1.75 bits per heavy atom. The Balaban J connectivity index is 1.99. The maximum atomic E-state index is 12.1. The van der Waals surface area contributed by atoms with E-state index in [1.807, 2.05) is 6.07 Å². The minimum Gasteiger partial charge on any atom is -0.450 e. The number of nitriles is 1. The van der Waals surface area contributed by atoms with E-state index in [1.54, 1.807) is 54.6 Å². The number of esters is 1. The molecular formula is C18H16N2O4. The molecule has 0 fully saturated rings. The van der Waals surface area contributed by atoms with Crippen molar-refractivity contribution in [3.63, 3.8) is 0 Å². The molecule has 1 amide bonds. The number of carbonyl (C=O) groups excluding carboxylic acids is 2.